The summed E-state index contributed by atoms with van der Waals surface area (Å²) in [5.41, 5.74) is 3.39. The van der Waals surface area contributed by atoms with Crippen LogP contribution in [0.2, 0.25) is 0 Å². The van der Waals surface area contributed by atoms with E-state index in [4.69, 9.17) is 0 Å². The molecule has 0 aliphatic carbocycles. The molecule has 1 N–H and O–H groups in total. The monoisotopic (exact) mass is 191 g/mol. The number of hydrogen-bond acceptors (Lipinski definition) is 2. The second-order valence-electron chi connectivity index (χ2n) is 3.20. The molecule has 1 heterocycles. The Morgan fingerprint density at radius 3 is 2.79 bits per heavy atom. The highest BCUT2D eigenvalue weighted by molar-refractivity contribution is 5.98. The van der Waals surface area contributed by atoms with E-state index in [1.54, 1.807) is 7.05 Å². The highest BCUT2D eigenvalue weighted by Crippen LogP contribution is 2.09. The van der Waals surface area contributed by atoms with E-state index >= 15 is 0 Å². The van der Waals surface area contributed by atoms with Gasteiger partial charge in [0.1, 0.15) is 11.5 Å². The molecule has 0 fully saturated rings. The lowest BCUT2D eigenvalue weighted by Gasteiger charge is -2.09. The maximum atomic E-state index is 4.40. The van der Waals surface area contributed by atoms with Gasteiger partial charge < -0.3 is 5.32 Å². The molecule has 0 bridgehead atoms. The number of aliphatic imine (C=N–C) groups is 1. The molecule has 1 rings (SSSR count). The quantitative estimate of drug-likeness (QED) is 0.569. The molecule has 0 aromatic carbocycles. The number of nitrogens with zero attached hydrogens (tertiary/aromatic N) is 2. The van der Waals surface area contributed by atoms with Gasteiger partial charge in [-0.05, 0) is 24.5 Å². The average Bonchev–Trinajstić information content (AvgIpc) is 2.21. The molecule has 0 radical (unpaired) electrons. The molecule has 3 nitrogen and oxygen atoms in total. The van der Waals surface area contributed by atoms with Crippen LogP contribution in [-0.4, -0.2) is 24.9 Å². The Kier molecular flexibility index (Phi) is 3.63. The van der Waals surface area contributed by atoms with Gasteiger partial charge in [0.05, 0.1) is 0 Å². The fourth-order valence-electron chi connectivity index (χ4n) is 1.45. The van der Waals surface area contributed by atoms with Crippen molar-refractivity contribution < 1.29 is 0 Å². The smallest absolute Gasteiger partial charge is 0.147 e. The molecular formula is C11H17N3. The number of rotatable bonds is 2. The normalized spacial score (nSPS) is 11.6. The molecule has 0 amide bonds. The van der Waals surface area contributed by atoms with Gasteiger partial charge in [-0.15, -0.1) is 0 Å². The van der Waals surface area contributed by atoms with E-state index in [1.807, 2.05) is 13.2 Å². The number of pyridine rings is 1. The lowest BCUT2D eigenvalue weighted by atomic mass is 10.1. The van der Waals surface area contributed by atoms with Gasteiger partial charge in [-0.25, -0.2) is 0 Å². The number of hydrogen-bond donors (Lipinski definition) is 1. The van der Waals surface area contributed by atoms with E-state index in [-0.39, 0.29) is 0 Å². The predicted molar refractivity (Wildman–Crippen MR) is 59.9 cm³/mol. The third-order valence-electron chi connectivity index (χ3n) is 2.17. The van der Waals surface area contributed by atoms with Crippen molar-refractivity contribution in [3.63, 3.8) is 0 Å². The molecule has 0 saturated carbocycles. The lowest BCUT2D eigenvalue weighted by Crippen LogP contribution is -2.22. The number of aromatic nitrogens is 1. The molecule has 1 aromatic heterocycles. The Labute approximate surface area is 85.3 Å². The third-order valence-corrected chi connectivity index (χ3v) is 2.17. The van der Waals surface area contributed by atoms with Crippen LogP contribution in [0, 0.1) is 6.92 Å². The van der Waals surface area contributed by atoms with Crippen molar-refractivity contribution in [2.75, 3.05) is 14.1 Å². The van der Waals surface area contributed by atoms with Crippen molar-refractivity contribution in [1.29, 1.82) is 0 Å². The van der Waals surface area contributed by atoms with Crippen molar-refractivity contribution in [2.24, 2.45) is 4.99 Å². The predicted octanol–water partition coefficient (Wildman–Crippen LogP) is 1.55. The van der Waals surface area contributed by atoms with E-state index in [2.05, 4.69) is 35.2 Å². The molecule has 0 aliphatic heterocycles. The van der Waals surface area contributed by atoms with Gasteiger partial charge >= 0.3 is 0 Å². The van der Waals surface area contributed by atoms with Crippen LogP contribution < -0.4 is 5.32 Å². The van der Waals surface area contributed by atoms with Crippen molar-refractivity contribution in [2.45, 2.75) is 20.3 Å². The van der Waals surface area contributed by atoms with Crippen molar-refractivity contribution >= 4 is 5.84 Å². The summed E-state index contributed by atoms with van der Waals surface area (Å²) in [6.45, 7) is 4.18. The molecule has 0 saturated heterocycles. The Hall–Kier alpha value is -1.38. The van der Waals surface area contributed by atoms with Gasteiger partial charge in [0.25, 0.3) is 0 Å². The molecule has 14 heavy (non-hydrogen) atoms. The van der Waals surface area contributed by atoms with Gasteiger partial charge in [0.2, 0.25) is 0 Å². The summed E-state index contributed by atoms with van der Waals surface area (Å²) in [7, 11) is 3.64. The molecule has 0 atom stereocenters. The van der Waals surface area contributed by atoms with Crippen LogP contribution in [0.1, 0.15) is 23.7 Å². The molecule has 0 spiro atoms. The summed E-state index contributed by atoms with van der Waals surface area (Å²) in [5, 5.41) is 3.05. The van der Waals surface area contributed by atoms with Crippen LogP contribution in [-0.2, 0) is 6.42 Å². The first-order chi connectivity index (χ1) is 6.72. The van der Waals surface area contributed by atoms with Crippen LogP contribution in [0.4, 0.5) is 0 Å². The molecule has 1 aromatic rings. The van der Waals surface area contributed by atoms with Crippen LogP contribution in [0.5, 0.6) is 0 Å². The SMILES string of the molecule is CCc1cc(C)cnc1C(=NC)NC. The molecule has 76 valence electrons. The van der Waals surface area contributed by atoms with Crippen molar-refractivity contribution in [3.8, 4) is 0 Å². The zero-order chi connectivity index (χ0) is 10.6. The summed E-state index contributed by atoms with van der Waals surface area (Å²) in [6, 6.07) is 2.16. The fraction of sp³-hybridized carbons (Fsp3) is 0.455. The Bertz CT molecular complexity index is 342. The van der Waals surface area contributed by atoms with E-state index < -0.39 is 0 Å². The first-order valence-electron chi connectivity index (χ1n) is 4.83. The highest BCUT2D eigenvalue weighted by atomic mass is 15.0. The largest absolute Gasteiger partial charge is 0.372 e. The molecule has 0 unspecified atom stereocenters. The first kappa shape index (κ1) is 10.7. The third kappa shape index (κ3) is 2.10. The number of nitrogens with one attached hydrogen (secondary N) is 1. The van der Waals surface area contributed by atoms with Crippen molar-refractivity contribution in [3.05, 3.63) is 29.1 Å². The summed E-state index contributed by atoms with van der Waals surface area (Å²) in [6.07, 6.45) is 2.85. The van der Waals surface area contributed by atoms with E-state index in [0.29, 0.717) is 0 Å². The summed E-state index contributed by atoms with van der Waals surface area (Å²) in [5.74, 6) is 0.849. The maximum absolute atomic E-state index is 4.40. The molecule has 0 aliphatic rings. The minimum Gasteiger partial charge on any atom is -0.372 e. The zero-order valence-electron chi connectivity index (χ0n) is 9.26. The second-order valence-corrected chi connectivity index (χ2v) is 3.20. The van der Waals surface area contributed by atoms with Gasteiger partial charge in [-0.1, -0.05) is 13.0 Å². The van der Waals surface area contributed by atoms with Crippen LogP contribution >= 0.6 is 0 Å². The van der Waals surface area contributed by atoms with Crippen LogP contribution in [0.25, 0.3) is 0 Å². The van der Waals surface area contributed by atoms with E-state index in [0.717, 1.165) is 18.0 Å². The van der Waals surface area contributed by atoms with Crippen LogP contribution in [0.3, 0.4) is 0 Å². The molecular weight excluding hydrogens is 174 g/mol. The minimum atomic E-state index is 0.849. The maximum Gasteiger partial charge on any atom is 0.147 e. The average molecular weight is 191 g/mol. The van der Waals surface area contributed by atoms with Crippen molar-refractivity contribution in [1.82, 2.24) is 10.3 Å². The number of amidine groups is 1. The first-order valence-corrected chi connectivity index (χ1v) is 4.83. The van der Waals surface area contributed by atoms with Gasteiger partial charge in [0, 0.05) is 20.3 Å². The van der Waals surface area contributed by atoms with E-state index in [1.165, 1.54) is 11.1 Å². The van der Waals surface area contributed by atoms with Gasteiger partial charge in [-0.2, -0.15) is 0 Å². The summed E-state index contributed by atoms with van der Waals surface area (Å²) >= 11 is 0. The second kappa shape index (κ2) is 4.74. The topological polar surface area (TPSA) is 37.3 Å². The van der Waals surface area contributed by atoms with E-state index in [9.17, 15) is 0 Å². The fourth-order valence-corrected chi connectivity index (χ4v) is 1.45. The zero-order valence-corrected chi connectivity index (χ0v) is 9.26. The summed E-state index contributed by atoms with van der Waals surface area (Å²) < 4.78 is 0. The lowest BCUT2D eigenvalue weighted by molar-refractivity contribution is 1.04. The van der Waals surface area contributed by atoms with Crippen LogP contribution in [0.15, 0.2) is 17.3 Å². The molecule has 3 heteroatoms. The Morgan fingerprint density at radius 2 is 2.29 bits per heavy atom. The minimum absolute atomic E-state index is 0.849. The highest BCUT2D eigenvalue weighted by Gasteiger charge is 2.07. The summed E-state index contributed by atoms with van der Waals surface area (Å²) in [4.78, 5) is 8.56. The van der Waals surface area contributed by atoms with Gasteiger partial charge in [-0.3, -0.25) is 9.98 Å². The Balaban J connectivity index is 3.20. The number of aryl methyl sites for hydroxylation is 2. The Morgan fingerprint density at radius 1 is 1.57 bits per heavy atom. The van der Waals surface area contributed by atoms with Gasteiger partial charge in [0.15, 0.2) is 0 Å². The standard InChI is InChI=1S/C11H17N3/c1-5-9-6-8(2)7-14-10(9)11(12-3)13-4/h6-7H,5H2,1-4H3,(H,12,13).